The summed E-state index contributed by atoms with van der Waals surface area (Å²) in [6, 6.07) is 5.61. The highest BCUT2D eigenvalue weighted by molar-refractivity contribution is 7.92. The highest BCUT2D eigenvalue weighted by Crippen LogP contribution is 2.22. The Bertz CT molecular complexity index is 497. The molecule has 0 radical (unpaired) electrons. The zero-order chi connectivity index (χ0) is 13.8. The van der Waals surface area contributed by atoms with Crippen LogP contribution in [0.5, 0.6) is 0 Å². The molecule has 102 valence electrons. The maximum atomic E-state index is 12.0. The molecule has 0 aliphatic heterocycles. The van der Waals surface area contributed by atoms with Gasteiger partial charge in [0.1, 0.15) is 0 Å². The number of hydrogen-bond acceptors (Lipinski definition) is 3. The quantitative estimate of drug-likeness (QED) is 0.859. The molecule has 0 atom stereocenters. The lowest BCUT2D eigenvalue weighted by atomic mass is 10.1. The number of sulfonamides is 1. The van der Waals surface area contributed by atoms with Crippen molar-refractivity contribution in [2.45, 2.75) is 27.2 Å². The molecule has 4 nitrogen and oxygen atoms in total. The molecular weight excluding hydrogens is 250 g/mol. The molecule has 0 aliphatic rings. The molecule has 1 aromatic carbocycles. The molecule has 5 heteroatoms. The van der Waals surface area contributed by atoms with E-state index in [0.29, 0.717) is 18.7 Å². The third-order valence-corrected chi connectivity index (χ3v) is 4.79. The van der Waals surface area contributed by atoms with Gasteiger partial charge < -0.3 is 5.11 Å². The van der Waals surface area contributed by atoms with Crippen LogP contribution < -0.4 is 4.31 Å². The molecular formula is C13H21NO3S. The maximum absolute atomic E-state index is 12.0. The Kier molecular flexibility index (Phi) is 5.16. The molecule has 1 aromatic rings. The molecule has 0 saturated carbocycles. The van der Waals surface area contributed by atoms with Crippen LogP contribution in [0.3, 0.4) is 0 Å². The van der Waals surface area contributed by atoms with Crippen molar-refractivity contribution in [3.8, 4) is 0 Å². The first kappa shape index (κ1) is 15.0. The zero-order valence-corrected chi connectivity index (χ0v) is 12.0. The van der Waals surface area contributed by atoms with E-state index in [9.17, 15) is 8.42 Å². The number of nitrogens with zero attached hydrogens (tertiary/aromatic N) is 1. The first-order valence-corrected chi connectivity index (χ1v) is 7.71. The van der Waals surface area contributed by atoms with Gasteiger partial charge in [-0.1, -0.05) is 6.07 Å². The highest BCUT2D eigenvalue weighted by Gasteiger charge is 2.20. The van der Waals surface area contributed by atoms with Crippen molar-refractivity contribution in [2.75, 3.05) is 23.2 Å². The van der Waals surface area contributed by atoms with Gasteiger partial charge in [-0.05, 0) is 50.5 Å². The molecule has 0 amide bonds. The van der Waals surface area contributed by atoms with E-state index in [-0.39, 0.29) is 12.4 Å². The summed E-state index contributed by atoms with van der Waals surface area (Å²) in [5.74, 6) is 0.0609. The van der Waals surface area contributed by atoms with Crippen LogP contribution >= 0.6 is 0 Å². The lowest BCUT2D eigenvalue weighted by Crippen LogP contribution is -2.33. The third kappa shape index (κ3) is 3.46. The van der Waals surface area contributed by atoms with E-state index in [1.165, 1.54) is 4.31 Å². The fraction of sp³-hybridized carbons (Fsp3) is 0.538. The fourth-order valence-electron chi connectivity index (χ4n) is 1.68. The largest absolute Gasteiger partial charge is 0.396 e. The van der Waals surface area contributed by atoms with Gasteiger partial charge in [0, 0.05) is 13.2 Å². The number of aliphatic hydroxyl groups is 1. The van der Waals surface area contributed by atoms with Crippen molar-refractivity contribution in [1.82, 2.24) is 0 Å². The Labute approximate surface area is 109 Å². The van der Waals surface area contributed by atoms with Gasteiger partial charge in [0.05, 0.1) is 11.4 Å². The highest BCUT2D eigenvalue weighted by atomic mass is 32.2. The second-order valence-corrected chi connectivity index (χ2v) is 6.50. The normalized spacial score (nSPS) is 11.6. The topological polar surface area (TPSA) is 57.6 Å². The second kappa shape index (κ2) is 6.20. The number of benzene rings is 1. The molecule has 0 heterocycles. The van der Waals surface area contributed by atoms with Crippen molar-refractivity contribution in [3.05, 3.63) is 29.3 Å². The molecule has 18 heavy (non-hydrogen) atoms. The monoisotopic (exact) mass is 271 g/mol. The Hall–Kier alpha value is -1.07. The van der Waals surface area contributed by atoms with Gasteiger partial charge in [0.25, 0.3) is 0 Å². The van der Waals surface area contributed by atoms with Crippen molar-refractivity contribution >= 4 is 15.7 Å². The van der Waals surface area contributed by atoms with Gasteiger partial charge in [0.2, 0.25) is 10.0 Å². The minimum absolute atomic E-state index is 0.0133. The van der Waals surface area contributed by atoms with Gasteiger partial charge in [-0.2, -0.15) is 0 Å². The van der Waals surface area contributed by atoms with E-state index in [1.54, 1.807) is 6.92 Å². The predicted octanol–water partition coefficient (Wildman–Crippen LogP) is 1.84. The summed E-state index contributed by atoms with van der Waals surface area (Å²) in [6.07, 6.45) is 0.437. The van der Waals surface area contributed by atoms with Crippen LogP contribution in [0.25, 0.3) is 0 Å². The Morgan fingerprint density at radius 3 is 2.39 bits per heavy atom. The smallest absolute Gasteiger partial charge is 0.234 e. The number of rotatable bonds is 6. The molecule has 1 rings (SSSR count). The van der Waals surface area contributed by atoms with Crippen LogP contribution in [0.1, 0.15) is 24.5 Å². The summed E-state index contributed by atoms with van der Waals surface area (Å²) in [5, 5.41) is 8.88. The lowest BCUT2D eigenvalue weighted by molar-refractivity contribution is 0.291. The number of hydrogen-bond donors (Lipinski definition) is 1. The summed E-state index contributed by atoms with van der Waals surface area (Å²) < 4.78 is 25.5. The SMILES string of the molecule is CCS(=O)(=O)N(CCCO)c1ccc(C)c(C)c1. The van der Waals surface area contributed by atoms with Crippen LogP contribution in [0, 0.1) is 13.8 Å². The number of anilines is 1. The van der Waals surface area contributed by atoms with Gasteiger partial charge in [-0.25, -0.2) is 8.42 Å². The van der Waals surface area contributed by atoms with Crippen LogP contribution in [0.2, 0.25) is 0 Å². The van der Waals surface area contributed by atoms with Crippen LogP contribution in [-0.4, -0.2) is 32.4 Å². The fourth-order valence-corrected chi connectivity index (χ4v) is 2.83. The minimum atomic E-state index is -3.29. The third-order valence-electron chi connectivity index (χ3n) is 3.00. The summed E-state index contributed by atoms with van der Waals surface area (Å²) in [6.45, 7) is 5.88. The molecule has 0 aromatic heterocycles. The molecule has 0 spiro atoms. The number of aryl methyl sites for hydroxylation is 2. The van der Waals surface area contributed by atoms with Crippen molar-refractivity contribution in [2.24, 2.45) is 0 Å². The van der Waals surface area contributed by atoms with Gasteiger partial charge >= 0.3 is 0 Å². The Morgan fingerprint density at radius 1 is 1.22 bits per heavy atom. The van der Waals surface area contributed by atoms with Crippen LogP contribution in [0.15, 0.2) is 18.2 Å². The van der Waals surface area contributed by atoms with Crippen molar-refractivity contribution < 1.29 is 13.5 Å². The number of aliphatic hydroxyl groups excluding tert-OH is 1. The van der Waals surface area contributed by atoms with Gasteiger partial charge in [0.15, 0.2) is 0 Å². The van der Waals surface area contributed by atoms with E-state index >= 15 is 0 Å². The minimum Gasteiger partial charge on any atom is -0.396 e. The zero-order valence-electron chi connectivity index (χ0n) is 11.2. The van der Waals surface area contributed by atoms with E-state index in [4.69, 9.17) is 5.11 Å². The maximum Gasteiger partial charge on any atom is 0.234 e. The van der Waals surface area contributed by atoms with E-state index in [2.05, 4.69) is 0 Å². The van der Waals surface area contributed by atoms with E-state index in [0.717, 1.165) is 11.1 Å². The molecule has 0 saturated heterocycles. The molecule has 0 aliphatic carbocycles. The van der Waals surface area contributed by atoms with Crippen molar-refractivity contribution in [1.29, 1.82) is 0 Å². The second-order valence-electron chi connectivity index (χ2n) is 4.32. The van der Waals surface area contributed by atoms with E-state index in [1.807, 2.05) is 32.0 Å². The lowest BCUT2D eigenvalue weighted by Gasteiger charge is -2.24. The van der Waals surface area contributed by atoms with E-state index < -0.39 is 10.0 Å². The summed E-state index contributed by atoms with van der Waals surface area (Å²) in [7, 11) is -3.29. The Morgan fingerprint density at radius 2 is 1.89 bits per heavy atom. The molecule has 1 N–H and O–H groups in total. The standard InChI is InChI=1S/C13H21NO3S/c1-4-18(16,17)14(8-5-9-15)13-7-6-11(2)12(3)10-13/h6-7,10,15H,4-5,8-9H2,1-3H3. The molecule has 0 fully saturated rings. The predicted molar refractivity (Wildman–Crippen MR) is 74.4 cm³/mol. The average molecular weight is 271 g/mol. The first-order chi connectivity index (χ1) is 8.42. The Balaban J connectivity index is 3.13. The van der Waals surface area contributed by atoms with Gasteiger partial charge in [-0.15, -0.1) is 0 Å². The average Bonchev–Trinajstić information content (AvgIpc) is 2.34. The molecule has 0 unspecified atom stereocenters. The summed E-state index contributed by atoms with van der Waals surface area (Å²) in [4.78, 5) is 0. The van der Waals surface area contributed by atoms with Crippen molar-refractivity contribution in [3.63, 3.8) is 0 Å². The summed E-state index contributed by atoms with van der Waals surface area (Å²) >= 11 is 0. The van der Waals surface area contributed by atoms with Crippen LogP contribution in [-0.2, 0) is 10.0 Å². The van der Waals surface area contributed by atoms with Crippen LogP contribution in [0.4, 0.5) is 5.69 Å². The van der Waals surface area contributed by atoms with Gasteiger partial charge in [-0.3, -0.25) is 4.31 Å². The first-order valence-electron chi connectivity index (χ1n) is 6.11. The summed E-state index contributed by atoms with van der Waals surface area (Å²) in [5.41, 5.74) is 2.87. The molecule has 0 bridgehead atoms.